The minimum atomic E-state index is -1.25. The SMILES string of the molecule is Cc1ccc(C2(C)NC(=O)N(CC(=O)NC(=O)NC(C)(C)C)C2=O)cc1. The van der Waals surface area contributed by atoms with Gasteiger partial charge < -0.3 is 10.6 Å². The van der Waals surface area contributed by atoms with Crippen molar-refractivity contribution in [2.24, 2.45) is 0 Å². The molecule has 1 heterocycles. The Balaban J connectivity index is 2.08. The van der Waals surface area contributed by atoms with Crippen LogP contribution >= 0.6 is 0 Å². The minimum absolute atomic E-state index is 0.519. The molecule has 3 N–H and O–H groups in total. The molecule has 0 spiro atoms. The van der Waals surface area contributed by atoms with E-state index in [9.17, 15) is 19.2 Å². The van der Waals surface area contributed by atoms with Crippen LogP contribution in [0.5, 0.6) is 0 Å². The van der Waals surface area contributed by atoms with E-state index in [0.717, 1.165) is 10.5 Å². The molecule has 1 atom stereocenters. The molecule has 1 aromatic carbocycles. The standard InChI is InChI=1S/C18H24N4O4/c1-11-6-8-12(9-7-11)18(5)14(24)22(16(26)21-18)10-13(23)19-15(25)20-17(2,3)4/h6-9H,10H2,1-5H3,(H,21,26)(H2,19,20,23,25). The van der Waals surface area contributed by atoms with Gasteiger partial charge in [0.1, 0.15) is 12.1 Å². The molecular weight excluding hydrogens is 336 g/mol. The summed E-state index contributed by atoms with van der Waals surface area (Å²) in [4.78, 5) is 49.5. The van der Waals surface area contributed by atoms with E-state index >= 15 is 0 Å². The number of urea groups is 2. The molecule has 1 aliphatic rings. The van der Waals surface area contributed by atoms with Crippen molar-refractivity contribution >= 4 is 23.9 Å². The van der Waals surface area contributed by atoms with Crippen LogP contribution in [-0.2, 0) is 15.1 Å². The Bertz CT molecular complexity index is 751. The molecule has 8 nitrogen and oxygen atoms in total. The highest BCUT2D eigenvalue weighted by molar-refractivity contribution is 6.10. The van der Waals surface area contributed by atoms with Gasteiger partial charge in [0.25, 0.3) is 5.91 Å². The fourth-order valence-electron chi connectivity index (χ4n) is 2.60. The van der Waals surface area contributed by atoms with E-state index in [0.29, 0.717) is 5.56 Å². The van der Waals surface area contributed by atoms with Gasteiger partial charge in [-0.2, -0.15) is 0 Å². The normalized spacial score (nSPS) is 20.0. The molecule has 1 aromatic rings. The third kappa shape index (κ3) is 4.19. The van der Waals surface area contributed by atoms with Crippen molar-refractivity contribution in [3.63, 3.8) is 0 Å². The molecule has 0 saturated carbocycles. The number of benzene rings is 1. The zero-order chi connectivity index (χ0) is 19.7. The van der Waals surface area contributed by atoms with Gasteiger partial charge in [0, 0.05) is 5.54 Å². The summed E-state index contributed by atoms with van der Waals surface area (Å²) in [5, 5.41) is 7.31. The lowest BCUT2D eigenvalue weighted by molar-refractivity contribution is -0.134. The molecule has 2 rings (SSSR count). The predicted octanol–water partition coefficient (Wildman–Crippen LogP) is 1.39. The Kier molecular flexibility index (Phi) is 5.06. The minimum Gasteiger partial charge on any atom is -0.333 e. The second kappa shape index (κ2) is 6.78. The van der Waals surface area contributed by atoms with Gasteiger partial charge in [-0.1, -0.05) is 29.8 Å². The Morgan fingerprint density at radius 3 is 2.27 bits per heavy atom. The van der Waals surface area contributed by atoms with Crippen molar-refractivity contribution in [1.29, 1.82) is 0 Å². The lowest BCUT2D eigenvalue weighted by Gasteiger charge is -2.22. The van der Waals surface area contributed by atoms with Crippen LogP contribution in [0.2, 0.25) is 0 Å². The van der Waals surface area contributed by atoms with Crippen LogP contribution < -0.4 is 16.0 Å². The number of nitrogens with zero attached hydrogens (tertiary/aromatic N) is 1. The number of carbonyl (C=O) groups excluding carboxylic acids is 4. The van der Waals surface area contributed by atoms with Crippen molar-refractivity contribution in [2.75, 3.05) is 6.54 Å². The summed E-state index contributed by atoms with van der Waals surface area (Å²) >= 11 is 0. The summed E-state index contributed by atoms with van der Waals surface area (Å²) in [6.45, 7) is 8.26. The van der Waals surface area contributed by atoms with Crippen molar-refractivity contribution in [3.8, 4) is 0 Å². The van der Waals surface area contributed by atoms with Crippen LogP contribution in [0.25, 0.3) is 0 Å². The Morgan fingerprint density at radius 2 is 1.73 bits per heavy atom. The first kappa shape index (κ1) is 19.4. The molecular formula is C18H24N4O4. The Hall–Kier alpha value is -2.90. The highest BCUT2D eigenvalue weighted by Gasteiger charge is 2.49. The highest BCUT2D eigenvalue weighted by atomic mass is 16.2. The average molecular weight is 360 g/mol. The first-order valence-electron chi connectivity index (χ1n) is 8.25. The second-order valence-electron chi connectivity index (χ2n) is 7.56. The maximum absolute atomic E-state index is 12.7. The number of carbonyl (C=O) groups is 4. The molecule has 140 valence electrons. The number of amides is 6. The molecule has 6 amide bonds. The molecule has 0 aliphatic carbocycles. The lowest BCUT2D eigenvalue weighted by atomic mass is 9.91. The first-order valence-corrected chi connectivity index (χ1v) is 8.25. The van der Waals surface area contributed by atoms with E-state index in [1.807, 2.05) is 19.1 Å². The molecule has 26 heavy (non-hydrogen) atoms. The number of aryl methyl sites for hydroxylation is 1. The Labute approximate surface area is 152 Å². The van der Waals surface area contributed by atoms with Crippen molar-refractivity contribution in [3.05, 3.63) is 35.4 Å². The zero-order valence-electron chi connectivity index (χ0n) is 15.6. The maximum Gasteiger partial charge on any atom is 0.325 e. The number of nitrogens with one attached hydrogen (secondary N) is 3. The summed E-state index contributed by atoms with van der Waals surface area (Å²) in [5.74, 6) is -1.29. The number of imide groups is 2. The second-order valence-corrected chi connectivity index (χ2v) is 7.56. The van der Waals surface area contributed by atoms with Crippen molar-refractivity contribution in [2.45, 2.75) is 45.7 Å². The van der Waals surface area contributed by atoms with Gasteiger partial charge in [-0.25, -0.2) is 9.59 Å². The van der Waals surface area contributed by atoms with E-state index in [4.69, 9.17) is 0 Å². The van der Waals surface area contributed by atoms with Crippen LogP contribution in [0.3, 0.4) is 0 Å². The van der Waals surface area contributed by atoms with E-state index in [1.54, 1.807) is 39.8 Å². The van der Waals surface area contributed by atoms with E-state index in [-0.39, 0.29) is 0 Å². The topological polar surface area (TPSA) is 108 Å². The molecule has 1 fully saturated rings. The molecule has 0 aromatic heterocycles. The molecule has 0 radical (unpaired) electrons. The van der Waals surface area contributed by atoms with Crippen LogP contribution in [-0.4, -0.2) is 40.9 Å². The van der Waals surface area contributed by atoms with Gasteiger partial charge in [-0.15, -0.1) is 0 Å². The predicted molar refractivity (Wildman–Crippen MR) is 95.2 cm³/mol. The van der Waals surface area contributed by atoms with Crippen LogP contribution in [0.15, 0.2) is 24.3 Å². The number of rotatable bonds is 3. The molecule has 1 aliphatic heterocycles. The molecule has 1 unspecified atom stereocenters. The van der Waals surface area contributed by atoms with Crippen molar-refractivity contribution < 1.29 is 19.2 Å². The molecule has 8 heteroatoms. The van der Waals surface area contributed by atoms with Crippen LogP contribution in [0.4, 0.5) is 9.59 Å². The highest BCUT2D eigenvalue weighted by Crippen LogP contribution is 2.28. The summed E-state index contributed by atoms with van der Waals surface area (Å²) in [6, 6.07) is 5.83. The van der Waals surface area contributed by atoms with Gasteiger partial charge in [0.05, 0.1) is 0 Å². The fraction of sp³-hybridized carbons (Fsp3) is 0.444. The monoisotopic (exact) mass is 360 g/mol. The third-order valence-electron chi connectivity index (χ3n) is 3.95. The Morgan fingerprint density at radius 1 is 1.15 bits per heavy atom. The van der Waals surface area contributed by atoms with E-state index in [2.05, 4.69) is 16.0 Å². The molecule has 1 saturated heterocycles. The third-order valence-corrected chi connectivity index (χ3v) is 3.95. The summed E-state index contributed by atoms with van der Waals surface area (Å²) in [6.07, 6.45) is 0. The van der Waals surface area contributed by atoms with Gasteiger partial charge >= 0.3 is 12.1 Å². The molecule has 0 bridgehead atoms. The summed E-state index contributed by atoms with van der Waals surface area (Å²) in [5.41, 5.74) is -0.126. The first-order chi connectivity index (χ1) is 11.9. The van der Waals surface area contributed by atoms with Gasteiger partial charge in [-0.05, 0) is 40.2 Å². The van der Waals surface area contributed by atoms with Gasteiger partial charge in [0.15, 0.2) is 0 Å². The smallest absolute Gasteiger partial charge is 0.325 e. The van der Waals surface area contributed by atoms with E-state index < -0.39 is 41.5 Å². The summed E-state index contributed by atoms with van der Waals surface area (Å²) in [7, 11) is 0. The van der Waals surface area contributed by atoms with Crippen LogP contribution in [0, 0.1) is 6.92 Å². The quantitative estimate of drug-likeness (QED) is 0.708. The maximum atomic E-state index is 12.7. The van der Waals surface area contributed by atoms with Gasteiger partial charge in [-0.3, -0.25) is 19.8 Å². The van der Waals surface area contributed by atoms with Crippen LogP contribution in [0.1, 0.15) is 38.8 Å². The largest absolute Gasteiger partial charge is 0.333 e. The van der Waals surface area contributed by atoms with E-state index in [1.165, 1.54) is 0 Å². The lowest BCUT2D eigenvalue weighted by Crippen LogP contribution is -2.51. The van der Waals surface area contributed by atoms with Gasteiger partial charge in [0.2, 0.25) is 5.91 Å². The average Bonchev–Trinajstić information content (AvgIpc) is 2.70. The fourth-order valence-corrected chi connectivity index (χ4v) is 2.60. The number of hydrogen-bond donors (Lipinski definition) is 3. The summed E-state index contributed by atoms with van der Waals surface area (Å²) < 4.78 is 0. The number of hydrogen-bond acceptors (Lipinski definition) is 4. The zero-order valence-corrected chi connectivity index (χ0v) is 15.6. The van der Waals surface area contributed by atoms with Crippen molar-refractivity contribution in [1.82, 2.24) is 20.9 Å².